The van der Waals surface area contributed by atoms with E-state index in [4.69, 9.17) is 16.9 Å². The minimum atomic E-state index is -0.710. The van der Waals surface area contributed by atoms with Gasteiger partial charge in [-0.3, -0.25) is 4.57 Å². The molecule has 3 aromatic rings. The van der Waals surface area contributed by atoms with Gasteiger partial charge in [0.1, 0.15) is 0 Å². The molecule has 3 rings (SSSR count). The Labute approximate surface area is 147 Å². The van der Waals surface area contributed by atoms with Crippen LogP contribution in [-0.2, 0) is 13.1 Å². The second kappa shape index (κ2) is 7.15. The Morgan fingerprint density at radius 1 is 1.16 bits per heavy atom. The van der Waals surface area contributed by atoms with Crippen LogP contribution in [-0.4, -0.2) is 23.9 Å². The number of nitrogens with zero attached hydrogens (tertiary/aromatic N) is 6. The number of hydrogen-bond acceptors (Lipinski definition) is 5. The molecule has 0 fully saturated rings. The largest absolute Gasteiger partial charge is 0.355 e. The first-order chi connectivity index (χ1) is 12.1. The summed E-state index contributed by atoms with van der Waals surface area (Å²) in [6.07, 6.45) is 3.16. The van der Waals surface area contributed by atoms with Crippen LogP contribution in [0.15, 0.2) is 52.3 Å². The van der Waals surface area contributed by atoms with Crippen molar-refractivity contribution in [3.8, 4) is 12.0 Å². The maximum Gasteiger partial charge on any atom is 0.355 e. The third kappa shape index (κ3) is 3.51. The molecule has 1 aromatic carbocycles. The summed E-state index contributed by atoms with van der Waals surface area (Å²) >= 11 is 5.89. The van der Waals surface area contributed by atoms with Gasteiger partial charge in [0.15, 0.2) is 0 Å². The number of benzene rings is 1. The molecule has 8 nitrogen and oxygen atoms in total. The zero-order valence-corrected chi connectivity index (χ0v) is 13.8. The highest BCUT2D eigenvalue weighted by Crippen LogP contribution is 2.11. The van der Waals surface area contributed by atoms with E-state index >= 15 is 0 Å². The van der Waals surface area contributed by atoms with Crippen molar-refractivity contribution >= 4 is 11.6 Å². The third-order valence-electron chi connectivity index (χ3n) is 3.54. The lowest BCUT2D eigenvalue weighted by Crippen LogP contribution is -2.43. The first kappa shape index (κ1) is 16.7. The maximum atomic E-state index is 12.8. The molecule has 0 atom stereocenters. The van der Waals surface area contributed by atoms with E-state index in [0.717, 1.165) is 10.1 Å². The van der Waals surface area contributed by atoms with E-state index in [1.54, 1.807) is 36.5 Å². The van der Waals surface area contributed by atoms with Crippen LogP contribution in [0, 0.1) is 11.3 Å². The SMILES string of the molecule is N#CCCn1c(=O)nc(-n2cccn2)n(Cc2ccc(Cl)cc2)c1=O. The van der Waals surface area contributed by atoms with E-state index in [-0.39, 0.29) is 25.5 Å². The lowest BCUT2D eigenvalue weighted by molar-refractivity contribution is 0.532. The lowest BCUT2D eigenvalue weighted by atomic mass is 10.2. The summed E-state index contributed by atoms with van der Waals surface area (Å²) in [7, 11) is 0. The van der Waals surface area contributed by atoms with Crippen LogP contribution in [0.1, 0.15) is 12.0 Å². The van der Waals surface area contributed by atoms with Gasteiger partial charge in [0.25, 0.3) is 0 Å². The Morgan fingerprint density at radius 3 is 2.56 bits per heavy atom. The predicted molar refractivity (Wildman–Crippen MR) is 90.7 cm³/mol. The van der Waals surface area contributed by atoms with E-state index < -0.39 is 11.4 Å². The average molecular weight is 357 g/mol. The molecule has 0 radical (unpaired) electrons. The van der Waals surface area contributed by atoms with Crippen molar-refractivity contribution in [3.63, 3.8) is 0 Å². The summed E-state index contributed by atoms with van der Waals surface area (Å²) in [4.78, 5) is 29.0. The number of nitriles is 1. The molecular weight excluding hydrogens is 344 g/mol. The second-order valence-electron chi connectivity index (χ2n) is 5.20. The van der Waals surface area contributed by atoms with Gasteiger partial charge in [-0.1, -0.05) is 23.7 Å². The Morgan fingerprint density at radius 2 is 1.92 bits per heavy atom. The van der Waals surface area contributed by atoms with Crippen LogP contribution >= 0.6 is 11.6 Å². The van der Waals surface area contributed by atoms with E-state index in [9.17, 15) is 9.59 Å². The first-order valence-corrected chi connectivity index (χ1v) is 7.81. The summed E-state index contributed by atoms with van der Waals surface area (Å²) in [5.41, 5.74) is -0.444. The van der Waals surface area contributed by atoms with Crippen molar-refractivity contribution in [2.24, 2.45) is 0 Å². The number of rotatable bonds is 5. The monoisotopic (exact) mass is 356 g/mol. The van der Waals surface area contributed by atoms with E-state index in [1.807, 2.05) is 6.07 Å². The highest BCUT2D eigenvalue weighted by molar-refractivity contribution is 6.30. The van der Waals surface area contributed by atoms with Crippen LogP contribution < -0.4 is 11.4 Å². The molecule has 9 heteroatoms. The van der Waals surface area contributed by atoms with Crippen molar-refractivity contribution in [2.75, 3.05) is 0 Å². The molecule has 0 aliphatic rings. The molecule has 0 N–H and O–H groups in total. The zero-order valence-electron chi connectivity index (χ0n) is 13.0. The number of hydrogen-bond donors (Lipinski definition) is 0. The van der Waals surface area contributed by atoms with Gasteiger partial charge in [0, 0.05) is 24.0 Å². The topological polar surface area (TPSA) is 98.5 Å². The second-order valence-corrected chi connectivity index (χ2v) is 5.64. The highest BCUT2D eigenvalue weighted by Gasteiger charge is 2.15. The molecule has 0 aliphatic carbocycles. The molecular formula is C16H13ClN6O2. The molecule has 0 saturated carbocycles. The average Bonchev–Trinajstić information content (AvgIpc) is 3.13. The van der Waals surface area contributed by atoms with Gasteiger partial charge in [-0.15, -0.1) is 0 Å². The van der Waals surface area contributed by atoms with Gasteiger partial charge in [-0.25, -0.2) is 18.8 Å². The van der Waals surface area contributed by atoms with E-state index in [0.29, 0.717) is 5.02 Å². The smallest absolute Gasteiger partial charge is 0.257 e. The number of halogens is 1. The Balaban J connectivity index is 2.15. The fourth-order valence-corrected chi connectivity index (χ4v) is 2.47. The normalized spacial score (nSPS) is 10.6. The maximum absolute atomic E-state index is 12.8. The summed E-state index contributed by atoms with van der Waals surface area (Å²) in [6.45, 7) is 0.173. The third-order valence-corrected chi connectivity index (χ3v) is 3.79. The van der Waals surface area contributed by atoms with Crippen molar-refractivity contribution in [1.82, 2.24) is 23.9 Å². The molecule has 0 aliphatic heterocycles. The van der Waals surface area contributed by atoms with Crippen LogP contribution in [0.25, 0.3) is 5.95 Å². The Kier molecular flexibility index (Phi) is 4.77. The van der Waals surface area contributed by atoms with Gasteiger partial charge < -0.3 is 0 Å². The molecule has 0 amide bonds. The van der Waals surface area contributed by atoms with Crippen molar-refractivity contribution < 1.29 is 0 Å². The molecule has 126 valence electrons. The molecule has 2 aromatic heterocycles. The molecule has 0 saturated heterocycles. The lowest BCUT2D eigenvalue weighted by Gasteiger charge is -2.13. The van der Waals surface area contributed by atoms with E-state index in [2.05, 4.69) is 10.1 Å². The zero-order chi connectivity index (χ0) is 17.8. The molecule has 0 spiro atoms. The summed E-state index contributed by atoms with van der Waals surface area (Å²) in [5.74, 6) is 0.114. The minimum Gasteiger partial charge on any atom is -0.257 e. The van der Waals surface area contributed by atoms with Crippen molar-refractivity contribution in [2.45, 2.75) is 19.5 Å². The van der Waals surface area contributed by atoms with E-state index in [1.165, 1.54) is 15.4 Å². The van der Waals surface area contributed by atoms with Crippen LogP contribution in [0.2, 0.25) is 5.02 Å². The first-order valence-electron chi connectivity index (χ1n) is 7.43. The van der Waals surface area contributed by atoms with Crippen molar-refractivity contribution in [3.05, 3.63) is 74.3 Å². The predicted octanol–water partition coefficient (Wildman–Crippen LogP) is 1.21. The van der Waals surface area contributed by atoms with Gasteiger partial charge in [-0.05, 0) is 23.8 Å². The molecule has 2 heterocycles. The summed E-state index contributed by atoms with van der Waals surface area (Å²) < 4.78 is 3.65. The Bertz CT molecular complexity index is 1030. The molecule has 25 heavy (non-hydrogen) atoms. The summed E-state index contributed by atoms with van der Waals surface area (Å²) in [6, 6.07) is 10.6. The van der Waals surface area contributed by atoms with Crippen LogP contribution in [0.3, 0.4) is 0 Å². The molecule has 0 bridgehead atoms. The van der Waals surface area contributed by atoms with Gasteiger partial charge in [0.05, 0.1) is 19.0 Å². The van der Waals surface area contributed by atoms with Gasteiger partial charge in [0.2, 0.25) is 5.95 Å². The fourth-order valence-electron chi connectivity index (χ4n) is 2.35. The highest BCUT2D eigenvalue weighted by atomic mass is 35.5. The number of aromatic nitrogens is 5. The van der Waals surface area contributed by atoms with Crippen LogP contribution in [0.4, 0.5) is 0 Å². The van der Waals surface area contributed by atoms with Gasteiger partial charge >= 0.3 is 11.4 Å². The summed E-state index contributed by atoms with van der Waals surface area (Å²) in [5, 5.41) is 13.4. The minimum absolute atomic E-state index is 0.0127. The van der Waals surface area contributed by atoms with Gasteiger partial charge in [-0.2, -0.15) is 15.3 Å². The quantitative estimate of drug-likeness (QED) is 0.684. The van der Waals surface area contributed by atoms with Crippen LogP contribution in [0.5, 0.6) is 0 Å². The van der Waals surface area contributed by atoms with Crippen molar-refractivity contribution in [1.29, 1.82) is 5.26 Å². The Hall–Kier alpha value is -3.18. The fraction of sp³-hybridized carbons (Fsp3) is 0.188. The molecule has 0 unspecified atom stereocenters. The standard InChI is InChI=1S/C16H13ClN6O2/c17-13-5-3-12(4-6-13)11-22-14(23-10-2-8-19-23)20-15(24)21(16(22)25)9-1-7-18/h2-6,8,10H,1,9,11H2.